The van der Waals surface area contributed by atoms with Crippen molar-refractivity contribution in [2.45, 2.75) is 6.18 Å². The first-order chi connectivity index (χ1) is 7.89. The van der Waals surface area contributed by atoms with E-state index in [-0.39, 0.29) is 12.2 Å². The van der Waals surface area contributed by atoms with Gasteiger partial charge in [-0.05, 0) is 18.2 Å². The molecule has 0 aromatic heterocycles. The highest BCUT2D eigenvalue weighted by molar-refractivity contribution is 5.79. The van der Waals surface area contributed by atoms with E-state index in [0.29, 0.717) is 0 Å². The van der Waals surface area contributed by atoms with E-state index in [4.69, 9.17) is 5.11 Å². The largest absolute Gasteiger partial charge is 0.478 e. The minimum absolute atomic E-state index is 0.146. The van der Waals surface area contributed by atoms with Crippen molar-refractivity contribution in [1.29, 1.82) is 0 Å². The number of nitrogens with one attached hydrogen (secondary N) is 1. The molecule has 0 fully saturated rings. The summed E-state index contributed by atoms with van der Waals surface area (Å²) in [5, 5.41) is 11.0. The highest BCUT2D eigenvalue weighted by Gasteiger charge is 2.30. The maximum Gasteiger partial charge on any atom is 0.416 e. The molecule has 0 atom stereocenters. The molecule has 1 rings (SSSR count). The molecule has 0 amide bonds. The zero-order valence-electron chi connectivity index (χ0n) is 8.66. The fourth-order valence-corrected chi connectivity index (χ4v) is 1.14. The lowest BCUT2D eigenvalue weighted by atomic mass is 10.2. The number of carboxylic acids is 1. The zero-order chi connectivity index (χ0) is 12.9. The van der Waals surface area contributed by atoms with Gasteiger partial charge in [0.2, 0.25) is 0 Å². The van der Waals surface area contributed by atoms with Crippen molar-refractivity contribution in [3.63, 3.8) is 0 Å². The fraction of sp³-hybridized carbons (Fsp3) is 0.182. The van der Waals surface area contributed by atoms with Gasteiger partial charge in [-0.2, -0.15) is 13.2 Å². The van der Waals surface area contributed by atoms with Gasteiger partial charge in [-0.25, -0.2) is 4.79 Å². The second-order valence-corrected chi connectivity index (χ2v) is 3.20. The normalized spacial score (nSPS) is 11.7. The monoisotopic (exact) mass is 245 g/mol. The van der Waals surface area contributed by atoms with E-state index >= 15 is 0 Å². The summed E-state index contributed by atoms with van der Waals surface area (Å²) in [5.41, 5.74) is -0.459. The van der Waals surface area contributed by atoms with Crippen molar-refractivity contribution < 1.29 is 23.1 Å². The van der Waals surface area contributed by atoms with Crippen LogP contribution in [0.1, 0.15) is 5.56 Å². The van der Waals surface area contributed by atoms with Gasteiger partial charge in [0, 0.05) is 18.3 Å². The summed E-state index contributed by atoms with van der Waals surface area (Å²) in [4.78, 5) is 10.1. The second kappa shape index (κ2) is 5.38. The van der Waals surface area contributed by atoms with Crippen molar-refractivity contribution in [2.75, 3.05) is 11.9 Å². The molecule has 0 saturated heterocycles. The van der Waals surface area contributed by atoms with Crippen molar-refractivity contribution >= 4 is 11.7 Å². The summed E-state index contributed by atoms with van der Waals surface area (Å²) in [7, 11) is 0. The van der Waals surface area contributed by atoms with E-state index < -0.39 is 17.7 Å². The summed E-state index contributed by atoms with van der Waals surface area (Å²) in [6, 6.07) is 4.70. The quantitative estimate of drug-likeness (QED) is 0.802. The highest BCUT2D eigenvalue weighted by atomic mass is 19.4. The molecule has 1 aromatic carbocycles. The van der Waals surface area contributed by atoms with Gasteiger partial charge in [0.25, 0.3) is 0 Å². The van der Waals surface area contributed by atoms with Crippen molar-refractivity contribution in [3.05, 3.63) is 42.0 Å². The molecule has 0 spiro atoms. The maximum atomic E-state index is 12.3. The lowest BCUT2D eigenvalue weighted by molar-refractivity contribution is -0.137. The van der Waals surface area contributed by atoms with Crippen LogP contribution < -0.4 is 5.32 Å². The average molecular weight is 245 g/mol. The summed E-state index contributed by atoms with van der Waals surface area (Å²) < 4.78 is 37.0. The molecule has 1 aromatic rings. The number of aliphatic carboxylic acids is 1. The number of alkyl halides is 3. The molecule has 0 radical (unpaired) electrons. The summed E-state index contributed by atoms with van der Waals surface area (Å²) >= 11 is 0. The Morgan fingerprint density at radius 2 is 2.12 bits per heavy atom. The molecule has 0 aliphatic rings. The number of anilines is 1. The minimum Gasteiger partial charge on any atom is -0.478 e. The van der Waals surface area contributed by atoms with Crippen LogP contribution in [0, 0.1) is 0 Å². The number of rotatable bonds is 4. The third-order valence-corrected chi connectivity index (χ3v) is 1.87. The number of benzene rings is 1. The van der Waals surface area contributed by atoms with Gasteiger partial charge in [0.15, 0.2) is 0 Å². The Morgan fingerprint density at radius 3 is 2.71 bits per heavy atom. The standard InChI is InChI=1S/C11H10F3NO2/c12-11(13,14)8-3-1-4-9(7-8)15-6-2-5-10(16)17/h1-5,7,15H,6H2,(H,16,17)/b5-2+. The number of carboxylic acid groups (broad SMARTS) is 1. The van der Waals surface area contributed by atoms with Crippen molar-refractivity contribution in [2.24, 2.45) is 0 Å². The Hall–Kier alpha value is -1.98. The number of carbonyl (C=O) groups is 1. The lowest BCUT2D eigenvalue weighted by Gasteiger charge is -2.09. The SMILES string of the molecule is O=C(O)/C=C/CNc1cccc(C(F)(F)F)c1. The van der Waals surface area contributed by atoms with E-state index in [2.05, 4.69) is 5.32 Å². The van der Waals surface area contributed by atoms with E-state index in [1.165, 1.54) is 18.2 Å². The Bertz CT molecular complexity index is 427. The van der Waals surface area contributed by atoms with E-state index in [0.717, 1.165) is 18.2 Å². The van der Waals surface area contributed by atoms with E-state index in [9.17, 15) is 18.0 Å². The molecular weight excluding hydrogens is 235 g/mol. The van der Waals surface area contributed by atoms with E-state index in [1.54, 1.807) is 0 Å². The van der Waals surface area contributed by atoms with Crippen LogP contribution in [0.5, 0.6) is 0 Å². The summed E-state index contributed by atoms with van der Waals surface area (Å²) in [6.45, 7) is 0.146. The fourth-order valence-electron chi connectivity index (χ4n) is 1.14. The molecule has 0 heterocycles. The Balaban J connectivity index is 2.64. The first-order valence-electron chi connectivity index (χ1n) is 4.70. The van der Waals surface area contributed by atoms with E-state index in [1.807, 2.05) is 0 Å². The van der Waals surface area contributed by atoms with Crippen LogP contribution >= 0.6 is 0 Å². The molecule has 92 valence electrons. The number of halogens is 3. The van der Waals surface area contributed by atoms with Crippen LogP contribution in [0.25, 0.3) is 0 Å². The molecule has 0 aliphatic carbocycles. The van der Waals surface area contributed by atoms with Gasteiger partial charge in [0.05, 0.1) is 5.56 Å². The highest BCUT2D eigenvalue weighted by Crippen LogP contribution is 2.30. The first-order valence-corrected chi connectivity index (χ1v) is 4.70. The Morgan fingerprint density at radius 1 is 1.41 bits per heavy atom. The maximum absolute atomic E-state index is 12.3. The van der Waals surface area contributed by atoms with Crippen molar-refractivity contribution in [1.82, 2.24) is 0 Å². The molecular formula is C11H10F3NO2. The Labute approximate surface area is 95.6 Å². The predicted molar refractivity (Wildman–Crippen MR) is 56.7 cm³/mol. The zero-order valence-corrected chi connectivity index (χ0v) is 8.66. The molecule has 0 saturated carbocycles. The summed E-state index contributed by atoms with van der Waals surface area (Å²) in [5.74, 6) is -1.10. The number of hydrogen-bond acceptors (Lipinski definition) is 2. The van der Waals surface area contributed by atoms with Gasteiger partial charge in [-0.1, -0.05) is 12.1 Å². The smallest absolute Gasteiger partial charge is 0.416 e. The molecule has 0 aliphatic heterocycles. The summed E-state index contributed by atoms with van der Waals surface area (Å²) in [6.07, 6.45) is -2.15. The number of hydrogen-bond donors (Lipinski definition) is 2. The van der Waals surface area contributed by atoms with Crippen LogP contribution in [0.3, 0.4) is 0 Å². The van der Waals surface area contributed by atoms with Gasteiger partial charge in [-0.3, -0.25) is 0 Å². The Kier molecular flexibility index (Phi) is 4.14. The molecule has 17 heavy (non-hydrogen) atoms. The topological polar surface area (TPSA) is 49.3 Å². The minimum atomic E-state index is -4.38. The van der Waals surface area contributed by atoms with Gasteiger partial charge in [-0.15, -0.1) is 0 Å². The van der Waals surface area contributed by atoms with Crippen LogP contribution in [-0.4, -0.2) is 17.6 Å². The van der Waals surface area contributed by atoms with Gasteiger partial charge in [0.1, 0.15) is 0 Å². The average Bonchev–Trinajstić information content (AvgIpc) is 2.23. The molecule has 6 heteroatoms. The first kappa shape index (κ1) is 13.1. The van der Waals surface area contributed by atoms with Gasteiger partial charge < -0.3 is 10.4 Å². The molecule has 3 nitrogen and oxygen atoms in total. The third kappa shape index (κ3) is 4.58. The van der Waals surface area contributed by atoms with Crippen molar-refractivity contribution in [3.8, 4) is 0 Å². The molecule has 0 unspecified atom stereocenters. The predicted octanol–water partition coefficient (Wildman–Crippen LogP) is 2.76. The van der Waals surface area contributed by atoms with Crippen LogP contribution in [0.2, 0.25) is 0 Å². The second-order valence-electron chi connectivity index (χ2n) is 3.20. The van der Waals surface area contributed by atoms with Crippen LogP contribution in [0.15, 0.2) is 36.4 Å². The lowest BCUT2D eigenvalue weighted by Crippen LogP contribution is -2.06. The molecule has 0 bridgehead atoms. The van der Waals surface area contributed by atoms with Crippen LogP contribution in [0.4, 0.5) is 18.9 Å². The third-order valence-electron chi connectivity index (χ3n) is 1.87. The van der Waals surface area contributed by atoms with Gasteiger partial charge >= 0.3 is 12.1 Å². The van der Waals surface area contributed by atoms with Crippen LogP contribution in [-0.2, 0) is 11.0 Å². The molecule has 2 N–H and O–H groups in total.